The van der Waals surface area contributed by atoms with Gasteiger partial charge in [0.15, 0.2) is 5.78 Å². The molecule has 5 nitrogen and oxygen atoms in total. The van der Waals surface area contributed by atoms with Crippen LogP contribution in [0.4, 0.5) is 0 Å². The molecule has 68 valence electrons. The maximum atomic E-state index is 10.8. The molecule has 0 aromatic rings. The molecule has 12 heavy (non-hydrogen) atoms. The predicted octanol–water partition coefficient (Wildman–Crippen LogP) is -0.749. The highest BCUT2D eigenvalue weighted by molar-refractivity contribution is 6.17. The summed E-state index contributed by atoms with van der Waals surface area (Å²) >= 11 is 0. The number of hydrogen-bond donors (Lipinski definition) is 1. The molecule has 0 saturated heterocycles. The van der Waals surface area contributed by atoms with Crippen molar-refractivity contribution in [2.24, 2.45) is 0 Å². The van der Waals surface area contributed by atoms with Gasteiger partial charge in [0.1, 0.15) is 18.4 Å². The van der Waals surface area contributed by atoms with E-state index < -0.39 is 18.4 Å². The topological polar surface area (TPSA) is 72.8 Å². The lowest BCUT2D eigenvalue weighted by Crippen LogP contribution is -2.17. The Kier molecular flexibility index (Phi) is 4.71. The molecule has 5 heteroatoms. The maximum Gasteiger partial charge on any atom is 0.344 e. The first-order chi connectivity index (χ1) is 5.67. The molecule has 0 spiro atoms. The minimum absolute atomic E-state index is 0.303. The van der Waals surface area contributed by atoms with Crippen molar-refractivity contribution >= 4 is 11.8 Å². The smallest absolute Gasteiger partial charge is 0.344 e. The fraction of sp³-hybridized carbons (Fsp3) is 0.429. The van der Waals surface area contributed by atoms with Gasteiger partial charge in [-0.2, -0.15) is 0 Å². The molecule has 0 aliphatic carbocycles. The van der Waals surface area contributed by atoms with Crippen LogP contribution in [0.3, 0.4) is 0 Å². The summed E-state index contributed by atoms with van der Waals surface area (Å²) in [5.74, 6) is -1.56. The monoisotopic (exact) mass is 174 g/mol. The summed E-state index contributed by atoms with van der Waals surface area (Å²) in [7, 11) is 2.42. The number of methoxy groups -OCH3 is 2. The maximum absolute atomic E-state index is 10.8. The average molecular weight is 174 g/mol. The normalized spacial score (nSPS) is 10.8. The lowest BCUT2D eigenvalue weighted by molar-refractivity contribution is -0.138. The summed E-state index contributed by atoms with van der Waals surface area (Å²) in [6, 6.07) is 0. The van der Waals surface area contributed by atoms with Gasteiger partial charge in [0.25, 0.3) is 0 Å². The van der Waals surface area contributed by atoms with E-state index in [4.69, 9.17) is 5.11 Å². The third-order valence-corrected chi connectivity index (χ3v) is 1.09. The fourth-order valence-corrected chi connectivity index (χ4v) is 0.541. The summed E-state index contributed by atoms with van der Waals surface area (Å²) in [4.78, 5) is 21.6. The molecule has 0 atom stereocenters. The van der Waals surface area contributed by atoms with Crippen LogP contribution in [0.1, 0.15) is 0 Å². The summed E-state index contributed by atoms with van der Waals surface area (Å²) < 4.78 is 8.72. The summed E-state index contributed by atoms with van der Waals surface area (Å²) in [5.41, 5.74) is -0.303. The number of carbonyl (C=O) groups is 2. The van der Waals surface area contributed by atoms with Crippen molar-refractivity contribution in [3.8, 4) is 0 Å². The number of aliphatic hydroxyl groups excluding tert-OH is 1. The number of Topliss-reactive ketones (excluding diaryl/α,β-unsaturated/α-hetero) is 1. The Morgan fingerprint density at radius 1 is 1.42 bits per heavy atom. The largest absolute Gasteiger partial charge is 0.503 e. The van der Waals surface area contributed by atoms with E-state index in [0.29, 0.717) is 0 Å². The summed E-state index contributed by atoms with van der Waals surface area (Å²) in [6.07, 6.45) is 0.935. The Bertz CT molecular complexity index is 188. The second-order valence-corrected chi connectivity index (χ2v) is 1.84. The van der Waals surface area contributed by atoms with E-state index >= 15 is 0 Å². The highest BCUT2D eigenvalue weighted by Crippen LogP contribution is 1.99. The predicted molar refractivity (Wildman–Crippen MR) is 39.2 cm³/mol. The molecular formula is C7H10O5. The number of rotatable bonds is 4. The number of hydrogen-bond acceptors (Lipinski definition) is 5. The van der Waals surface area contributed by atoms with E-state index in [1.165, 1.54) is 7.11 Å². The van der Waals surface area contributed by atoms with E-state index in [9.17, 15) is 9.59 Å². The average Bonchev–Trinajstić information content (AvgIpc) is 2.11. The third kappa shape index (κ3) is 2.71. The summed E-state index contributed by atoms with van der Waals surface area (Å²) in [5, 5.41) is 8.42. The first-order valence-corrected chi connectivity index (χ1v) is 3.12. The molecule has 0 saturated carbocycles. The lowest BCUT2D eigenvalue weighted by Gasteiger charge is -2.00. The van der Waals surface area contributed by atoms with Gasteiger partial charge in [0.05, 0.1) is 14.2 Å². The summed E-state index contributed by atoms with van der Waals surface area (Å²) in [6.45, 7) is -0.746. The zero-order valence-electron chi connectivity index (χ0n) is 6.86. The molecule has 0 aliphatic heterocycles. The zero-order chi connectivity index (χ0) is 9.56. The Labute approximate surface area is 69.6 Å². The van der Waals surface area contributed by atoms with Crippen LogP contribution >= 0.6 is 0 Å². The number of aliphatic hydroxyl groups is 1. The van der Waals surface area contributed by atoms with Crippen LogP contribution < -0.4 is 0 Å². The van der Waals surface area contributed by atoms with Gasteiger partial charge in [-0.05, 0) is 0 Å². The molecule has 1 N–H and O–H groups in total. The van der Waals surface area contributed by atoms with Crippen molar-refractivity contribution in [2.75, 3.05) is 20.8 Å². The first kappa shape index (κ1) is 10.6. The van der Waals surface area contributed by atoms with E-state index in [1.807, 2.05) is 0 Å². The Balaban J connectivity index is 4.55. The molecule has 0 aliphatic rings. The van der Waals surface area contributed by atoms with E-state index in [2.05, 4.69) is 9.47 Å². The molecular weight excluding hydrogens is 164 g/mol. The van der Waals surface area contributed by atoms with Crippen molar-refractivity contribution in [3.05, 3.63) is 11.8 Å². The Hall–Kier alpha value is -1.36. The number of carbonyl (C=O) groups excluding carboxylic acids is 2. The lowest BCUT2D eigenvalue weighted by atomic mass is 10.2. The molecule has 0 aromatic heterocycles. The highest BCUT2D eigenvalue weighted by atomic mass is 16.5. The molecule has 0 heterocycles. The molecule has 0 radical (unpaired) electrons. The van der Waals surface area contributed by atoms with Gasteiger partial charge < -0.3 is 14.6 Å². The van der Waals surface area contributed by atoms with E-state index in [1.54, 1.807) is 0 Å². The molecule has 0 amide bonds. The van der Waals surface area contributed by atoms with Crippen LogP contribution in [0, 0.1) is 0 Å². The van der Waals surface area contributed by atoms with Gasteiger partial charge >= 0.3 is 5.97 Å². The number of ether oxygens (including phenoxy) is 2. The zero-order valence-corrected chi connectivity index (χ0v) is 6.86. The second kappa shape index (κ2) is 5.31. The second-order valence-electron chi connectivity index (χ2n) is 1.84. The standard InChI is InChI=1S/C7H10O5/c1-11-4-5(6(9)3-8)7(10)12-2/h4,8H,3H2,1-2H3/b5-4-. The van der Waals surface area contributed by atoms with Crippen LogP contribution in [0.15, 0.2) is 11.8 Å². The quantitative estimate of drug-likeness (QED) is 0.199. The van der Waals surface area contributed by atoms with Gasteiger partial charge in [-0.15, -0.1) is 0 Å². The highest BCUT2D eigenvalue weighted by Gasteiger charge is 2.17. The van der Waals surface area contributed by atoms with Gasteiger partial charge in [-0.25, -0.2) is 4.79 Å². The van der Waals surface area contributed by atoms with Crippen LogP contribution in [-0.2, 0) is 19.1 Å². The van der Waals surface area contributed by atoms with Crippen molar-refractivity contribution in [2.45, 2.75) is 0 Å². The Morgan fingerprint density at radius 3 is 2.33 bits per heavy atom. The van der Waals surface area contributed by atoms with E-state index in [0.717, 1.165) is 13.4 Å². The number of esters is 1. The first-order valence-electron chi connectivity index (χ1n) is 3.12. The SMILES string of the molecule is CO/C=C(/C(=O)CO)C(=O)OC. The Morgan fingerprint density at radius 2 is 2.00 bits per heavy atom. The molecule has 0 rings (SSSR count). The molecule has 0 fully saturated rings. The van der Waals surface area contributed by atoms with Gasteiger partial charge in [-0.1, -0.05) is 0 Å². The van der Waals surface area contributed by atoms with Gasteiger partial charge in [-0.3, -0.25) is 4.79 Å². The van der Waals surface area contributed by atoms with Crippen LogP contribution in [0.2, 0.25) is 0 Å². The van der Waals surface area contributed by atoms with Crippen molar-refractivity contribution < 1.29 is 24.2 Å². The molecule has 0 unspecified atom stereocenters. The van der Waals surface area contributed by atoms with Crippen LogP contribution in [0.25, 0.3) is 0 Å². The van der Waals surface area contributed by atoms with Crippen molar-refractivity contribution in [3.63, 3.8) is 0 Å². The van der Waals surface area contributed by atoms with Gasteiger partial charge in [0, 0.05) is 0 Å². The van der Waals surface area contributed by atoms with Crippen LogP contribution in [-0.4, -0.2) is 37.7 Å². The molecule has 0 bridgehead atoms. The van der Waals surface area contributed by atoms with Crippen molar-refractivity contribution in [1.82, 2.24) is 0 Å². The minimum atomic E-state index is -0.823. The minimum Gasteiger partial charge on any atom is -0.503 e. The van der Waals surface area contributed by atoms with E-state index in [-0.39, 0.29) is 5.57 Å². The third-order valence-electron chi connectivity index (χ3n) is 1.09. The fourth-order valence-electron chi connectivity index (χ4n) is 0.541. The number of ketones is 1. The van der Waals surface area contributed by atoms with Crippen LogP contribution in [0.5, 0.6) is 0 Å². The van der Waals surface area contributed by atoms with Crippen molar-refractivity contribution in [1.29, 1.82) is 0 Å². The molecule has 0 aromatic carbocycles. The van der Waals surface area contributed by atoms with Gasteiger partial charge in [0.2, 0.25) is 0 Å².